The molecule has 0 rings (SSSR count). The predicted octanol–water partition coefficient (Wildman–Crippen LogP) is 2.15. The zero-order chi connectivity index (χ0) is 7.82. The fourth-order valence-electron chi connectivity index (χ4n) is 1.10. The molecule has 10 heavy (non-hydrogen) atoms. The molecule has 0 amide bonds. The first-order valence-electron chi connectivity index (χ1n) is 4.16. The van der Waals surface area contributed by atoms with E-state index in [2.05, 4.69) is 25.7 Å². The molecule has 1 nitrogen and oxygen atoms in total. The highest BCUT2D eigenvalue weighted by Crippen LogP contribution is 1.94. The third-order valence-electron chi connectivity index (χ3n) is 1.49. The van der Waals surface area contributed by atoms with Gasteiger partial charge in [0.05, 0.1) is 13.3 Å². The Morgan fingerprint density at radius 3 is 2.40 bits per heavy atom. The van der Waals surface area contributed by atoms with Crippen molar-refractivity contribution in [2.75, 3.05) is 19.6 Å². The highest BCUT2D eigenvalue weighted by molar-refractivity contribution is 4.58. The molecule has 0 spiro atoms. The van der Waals surface area contributed by atoms with Gasteiger partial charge in [0.15, 0.2) is 0 Å². The molecule has 0 aliphatic heterocycles. The molecule has 0 aromatic rings. The van der Waals surface area contributed by atoms with Crippen LogP contribution in [0.1, 0.15) is 26.2 Å². The van der Waals surface area contributed by atoms with E-state index in [1.165, 1.54) is 13.0 Å². The van der Waals surface area contributed by atoms with Crippen molar-refractivity contribution in [1.82, 2.24) is 4.90 Å². The van der Waals surface area contributed by atoms with Crippen LogP contribution in [0.3, 0.4) is 0 Å². The van der Waals surface area contributed by atoms with Crippen LogP contribution in [0, 0.1) is 13.8 Å². The minimum absolute atomic E-state index is 1.01. The van der Waals surface area contributed by atoms with E-state index in [-0.39, 0.29) is 0 Å². The van der Waals surface area contributed by atoms with Crippen molar-refractivity contribution in [3.8, 4) is 0 Å². The second-order valence-corrected chi connectivity index (χ2v) is 2.55. The van der Waals surface area contributed by atoms with Crippen molar-refractivity contribution in [1.29, 1.82) is 0 Å². The predicted molar refractivity (Wildman–Crippen MR) is 46.7 cm³/mol. The van der Waals surface area contributed by atoms with Crippen molar-refractivity contribution >= 4 is 0 Å². The minimum atomic E-state index is 1.01. The maximum absolute atomic E-state index is 3.83. The molecule has 0 N–H and O–H groups in total. The second kappa shape index (κ2) is 6.94. The van der Waals surface area contributed by atoms with Crippen LogP contribution >= 0.6 is 0 Å². The summed E-state index contributed by atoms with van der Waals surface area (Å²) in [6.07, 6.45) is 3.26. The lowest BCUT2D eigenvalue weighted by Gasteiger charge is -2.17. The summed E-state index contributed by atoms with van der Waals surface area (Å²) >= 11 is 0. The molecule has 0 fully saturated rings. The van der Waals surface area contributed by atoms with E-state index in [1.807, 2.05) is 0 Å². The highest BCUT2D eigenvalue weighted by atomic mass is 15.1. The Kier molecular flexibility index (Phi) is 6.83. The van der Waals surface area contributed by atoms with E-state index < -0.39 is 0 Å². The number of nitrogens with zero attached hydrogens (tertiary/aromatic N) is 1. The molecule has 0 heterocycles. The van der Waals surface area contributed by atoms with Crippen LogP contribution in [0.5, 0.6) is 0 Å². The first-order chi connectivity index (χ1) is 4.85. The summed E-state index contributed by atoms with van der Waals surface area (Å²) < 4.78 is 0. The molecular formula is C9H19N+. The van der Waals surface area contributed by atoms with Crippen molar-refractivity contribution in [3.63, 3.8) is 0 Å². The molecule has 0 aromatic carbocycles. The smallest absolute Gasteiger partial charge is 0.0977 e. The maximum atomic E-state index is 3.83. The lowest BCUT2D eigenvalue weighted by atomic mass is 10.3. The van der Waals surface area contributed by atoms with E-state index in [0.29, 0.717) is 0 Å². The van der Waals surface area contributed by atoms with E-state index >= 15 is 0 Å². The summed E-state index contributed by atoms with van der Waals surface area (Å²) in [6.45, 7) is 13.3. The van der Waals surface area contributed by atoms with Crippen LogP contribution in [0.2, 0.25) is 0 Å². The average Bonchev–Trinajstić information content (AvgIpc) is 1.90. The van der Waals surface area contributed by atoms with Gasteiger partial charge in [-0.15, -0.1) is 0 Å². The first-order valence-corrected chi connectivity index (χ1v) is 4.16. The van der Waals surface area contributed by atoms with Crippen molar-refractivity contribution in [2.24, 2.45) is 0 Å². The zero-order valence-electron chi connectivity index (χ0n) is 7.10. The van der Waals surface area contributed by atoms with Gasteiger partial charge in [0, 0.05) is 6.54 Å². The molecule has 59 valence electrons. The summed E-state index contributed by atoms with van der Waals surface area (Å²) in [4.78, 5) is 2.42. The van der Waals surface area contributed by atoms with Crippen LogP contribution < -0.4 is 0 Å². The molecular weight excluding hydrogens is 122 g/mol. The molecule has 1 heteroatoms. The van der Waals surface area contributed by atoms with Gasteiger partial charge in [-0.25, -0.2) is 0 Å². The van der Waals surface area contributed by atoms with Crippen LogP contribution in [-0.4, -0.2) is 24.5 Å². The number of hydrogen-bond acceptors (Lipinski definition) is 1. The number of rotatable bonds is 6. The van der Waals surface area contributed by atoms with Crippen LogP contribution in [0.25, 0.3) is 0 Å². The van der Waals surface area contributed by atoms with Crippen molar-refractivity contribution < 1.29 is 0 Å². The molecule has 0 aliphatic carbocycles. The monoisotopic (exact) mass is 141 g/mol. The quantitative estimate of drug-likeness (QED) is 0.512. The van der Waals surface area contributed by atoms with Gasteiger partial charge in [0.25, 0.3) is 0 Å². The molecule has 0 unspecified atom stereocenters. The summed E-state index contributed by atoms with van der Waals surface area (Å²) in [5, 5.41) is 0. The summed E-state index contributed by atoms with van der Waals surface area (Å²) in [5.41, 5.74) is 0. The van der Waals surface area contributed by atoms with Gasteiger partial charge in [-0.2, -0.15) is 0 Å². The van der Waals surface area contributed by atoms with E-state index in [9.17, 15) is 0 Å². The Hall–Kier alpha value is -0.170. The van der Waals surface area contributed by atoms with Gasteiger partial charge >= 0.3 is 0 Å². The summed E-state index contributed by atoms with van der Waals surface area (Å²) in [5.74, 6) is 0. The standard InChI is InChI=1S/C9H19N/c1-4-7-10(8-5-2)9-6-3/h1-2,4-9H2,3H3/q+1. The molecule has 0 saturated heterocycles. The van der Waals surface area contributed by atoms with Crippen molar-refractivity contribution in [3.05, 3.63) is 13.8 Å². The molecule has 0 saturated carbocycles. The largest absolute Gasteiger partial charge is 0.299 e. The Bertz CT molecular complexity index is 47.5. The minimum Gasteiger partial charge on any atom is -0.299 e. The van der Waals surface area contributed by atoms with Crippen LogP contribution in [0.15, 0.2) is 0 Å². The fourth-order valence-corrected chi connectivity index (χ4v) is 1.10. The highest BCUT2D eigenvalue weighted by Gasteiger charge is 2.00. The third-order valence-corrected chi connectivity index (χ3v) is 1.49. The van der Waals surface area contributed by atoms with E-state index in [1.54, 1.807) is 0 Å². The van der Waals surface area contributed by atoms with Gasteiger partial charge in [-0.3, -0.25) is 4.90 Å². The van der Waals surface area contributed by atoms with Gasteiger partial charge in [-0.1, -0.05) is 13.8 Å². The van der Waals surface area contributed by atoms with Crippen LogP contribution in [-0.2, 0) is 0 Å². The van der Waals surface area contributed by atoms with Gasteiger partial charge in [-0.05, 0) is 25.9 Å². The lowest BCUT2D eigenvalue weighted by Crippen LogP contribution is -2.26. The van der Waals surface area contributed by atoms with Crippen molar-refractivity contribution in [2.45, 2.75) is 26.2 Å². The van der Waals surface area contributed by atoms with Gasteiger partial charge in [0.2, 0.25) is 0 Å². The Morgan fingerprint density at radius 1 is 1.30 bits per heavy atom. The lowest BCUT2D eigenvalue weighted by molar-refractivity contribution is 0.284. The normalized spacial score (nSPS) is 10.7. The molecule has 0 bridgehead atoms. The first kappa shape index (κ1) is 9.83. The summed E-state index contributed by atoms with van der Waals surface area (Å²) in [7, 11) is 0. The fraction of sp³-hybridized carbons (Fsp3) is 0.778. The third kappa shape index (κ3) is 4.68. The maximum Gasteiger partial charge on any atom is 0.0977 e. The molecule has 1 radical (unpaired) electrons. The van der Waals surface area contributed by atoms with E-state index in [0.717, 1.165) is 25.9 Å². The Labute approximate surface area is 65.4 Å². The second-order valence-electron chi connectivity index (χ2n) is 2.55. The van der Waals surface area contributed by atoms with Gasteiger partial charge < -0.3 is 0 Å². The topological polar surface area (TPSA) is 3.24 Å². The van der Waals surface area contributed by atoms with Gasteiger partial charge in [0.1, 0.15) is 0 Å². The Morgan fingerprint density at radius 2 is 2.00 bits per heavy atom. The van der Waals surface area contributed by atoms with E-state index in [4.69, 9.17) is 0 Å². The molecule has 0 aromatic heterocycles. The molecule has 0 atom stereocenters. The zero-order valence-corrected chi connectivity index (χ0v) is 7.10. The summed E-state index contributed by atoms with van der Waals surface area (Å²) in [6, 6.07) is 0. The van der Waals surface area contributed by atoms with Crippen LogP contribution in [0.4, 0.5) is 0 Å². The number of hydrogen-bond donors (Lipinski definition) is 0. The molecule has 0 aliphatic rings. The average molecular weight is 141 g/mol. The Balaban J connectivity index is 3.30. The SMILES string of the molecule is [CH2]CCN(CC[CH2+])CCC.